The van der Waals surface area contributed by atoms with E-state index in [9.17, 15) is 9.59 Å². The number of amides is 1. The highest BCUT2D eigenvalue weighted by molar-refractivity contribution is 5.76. The van der Waals surface area contributed by atoms with Crippen LogP contribution >= 0.6 is 0 Å². The van der Waals surface area contributed by atoms with Crippen molar-refractivity contribution in [3.05, 3.63) is 65.1 Å². The van der Waals surface area contributed by atoms with Crippen LogP contribution in [0.2, 0.25) is 0 Å². The van der Waals surface area contributed by atoms with Gasteiger partial charge in [0.25, 0.3) is 5.56 Å². The van der Waals surface area contributed by atoms with E-state index in [-0.39, 0.29) is 5.56 Å². The molecule has 0 spiro atoms. The molecule has 1 atom stereocenters. The number of benzene rings is 1. The molecule has 0 aliphatic heterocycles. The van der Waals surface area contributed by atoms with E-state index in [0.717, 1.165) is 5.56 Å². The molecular weight excluding hydrogens is 342 g/mol. The molecule has 1 heterocycles. The van der Waals surface area contributed by atoms with Crippen molar-refractivity contribution >= 4 is 11.8 Å². The number of anilines is 1. The van der Waals surface area contributed by atoms with Crippen LogP contribution in [0, 0.1) is 0 Å². The van der Waals surface area contributed by atoms with Gasteiger partial charge in [0.1, 0.15) is 5.60 Å². The standard InChI is InChI=1S/C21H27N3O3/c1-6-9-17(23-20(26)27-21(2,3)4)18-12-14(13-19(25)24(18)5)15-10-7-8-11-16(15)22/h6-8,10-13,17H,1,9,22H2,2-5H3,(H,23,26). The Morgan fingerprint density at radius 2 is 2.00 bits per heavy atom. The second-order valence-electron chi connectivity index (χ2n) is 7.38. The average Bonchev–Trinajstić information content (AvgIpc) is 2.55. The highest BCUT2D eigenvalue weighted by Gasteiger charge is 2.22. The van der Waals surface area contributed by atoms with Crippen LogP contribution in [-0.2, 0) is 11.8 Å². The van der Waals surface area contributed by atoms with E-state index < -0.39 is 17.7 Å². The fraction of sp³-hybridized carbons (Fsp3) is 0.333. The molecule has 0 saturated carbocycles. The molecule has 3 N–H and O–H groups in total. The third kappa shape index (κ3) is 5.23. The summed E-state index contributed by atoms with van der Waals surface area (Å²) in [6, 6.07) is 10.3. The highest BCUT2D eigenvalue weighted by Crippen LogP contribution is 2.27. The van der Waals surface area contributed by atoms with Crippen molar-refractivity contribution in [3.63, 3.8) is 0 Å². The second kappa shape index (κ2) is 8.12. The van der Waals surface area contributed by atoms with Crippen molar-refractivity contribution in [1.82, 2.24) is 9.88 Å². The van der Waals surface area contributed by atoms with Crippen LogP contribution in [0.4, 0.5) is 10.5 Å². The monoisotopic (exact) mass is 369 g/mol. The Balaban J connectivity index is 2.47. The second-order valence-corrected chi connectivity index (χ2v) is 7.38. The zero-order chi connectivity index (χ0) is 20.2. The van der Waals surface area contributed by atoms with Crippen molar-refractivity contribution in [2.45, 2.75) is 38.8 Å². The summed E-state index contributed by atoms with van der Waals surface area (Å²) in [5.41, 5.74) is 7.95. The molecule has 6 heteroatoms. The summed E-state index contributed by atoms with van der Waals surface area (Å²) in [6.07, 6.45) is 1.59. The number of nitrogens with zero attached hydrogens (tertiary/aromatic N) is 1. The first-order chi connectivity index (χ1) is 12.6. The zero-order valence-electron chi connectivity index (χ0n) is 16.3. The Kier molecular flexibility index (Phi) is 6.10. The van der Waals surface area contributed by atoms with Gasteiger partial charge in [-0.2, -0.15) is 0 Å². The van der Waals surface area contributed by atoms with Gasteiger partial charge in [-0.1, -0.05) is 24.3 Å². The zero-order valence-corrected chi connectivity index (χ0v) is 16.3. The van der Waals surface area contributed by atoms with E-state index in [1.807, 2.05) is 24.3 Å². The van der Waals surface area contributed by atoms with Crippen LogP contribution in [0.1, 0.15) is 38.9 Å². The molecule has 144 valence electrons. The minimum atomic E-state index is -0.616. The Morgan fingerprint density at radius 3 is 2.59 bits per heavy atom. The SMILES string of the molecule is C=CCC(NC(=O)OC(C)(C)C)c1cc(-c2ccccc2N)cc(=O)n1C. The largest absolute Gasteiger partial charge is 0.444 e. The molecule has 27 heavy (non-hydrogen) atoms. The van der Waals surface area contributed by atoms with Gasteiger partial charge in [-0.05, 0) is 44.9 Å². The molecule has 0 fully saturated rings. The maximum Gasteiger partial charge on any atom is 0.408 e. The number of carbonyl (C=O) groups is 1. The normalized spacial score (nSPS) is 12.3. The van der Waals surface area contributed by atoms with E-state index in [4.69, 9.17) is 10.5 Å². The summed E-state index contributed by atoms with van der Waals surface area (Å²) in [6.45, 7) is 9.14. The topological polar surface area (TPSA) is 86.3 Å². The molecule has 2 aromatic rings. The first kappa shape index (κ1) is 20.3. The van der Waals surface area contributed by atoms with Crippen molar-refractivity contribution in [1.29, 1.82) is 0 Å². The fourth-order valence-electron chi connectivity index (χ4n) is 2.77. The van der Waals surface area contributed by atoms with Crippen molar-refractivity contribution in [3.8, 4) is 11.1 Å². The number of hydrogen-bond acceptors (Lipinski definition) is 4. The lowest BCUT2D eigenvalue weighted by Gasteiger charge is -2.25. The number of aromatic nitrogens is 1. The number of alkyl carbamates (subject to hydrolysis) is 1. The van der Waals surface area contributed by atoms with Gasteiger partial charge in [0.2, 0.25) is 0 Å². The summed E-state index contributed by atoms with van der Waals surface area (Å²) in [5.74, 6) is 0. The number of pyridine rings is 1. The third-order valence-corrected chi connectivity index (χ3v) is 4.02. The van der Waals surface area contributed by atoms with Crippen LogP contribution in [-0.4, -0.2) is 16.3 Å². The maximum absolute atomic E-state index is 12.5. The summed E-state index contributed by atoms with van der Waals surface area (Å²) < 4.78 is 6.86. The summed E-state index contributed by atoms with van der Waals surface area (Å²) in [7, 11) is 1.67. The Hall–Kier alpha value is -3.02. The molecule has 0 aliphatic carbocycles. The fourth-order valence-corrected chi connectivity index (χ4v) is 2.77. The van der Waals surface area contributed by atoms with Gasteiger partial charge < -0.3 is 20.4 Å². The maximum atomic E-state index is 12.5. The quantitative estimate of drug-likeness (QED) is 0.620. The third-order valence-electron chi connectivity index (χ3n) is 4.02. The van der Waals surface area contributed by atoms with E-state index in [2.05, 4.69) is 11.9 Å². The number of hydrogen-bond donors (Lipinski definition) is 2. The number of carbonyl (C=O) groups excluding carboxylic acids is 1. The Morgan fingerprint density at radius 1 is 1.33 bits per heavy atom. The molecule has 0 radical (unpaired) electrons. The average molecular weight is 369 g/mol. The highest BCUT2D eigenvalue weighted by atomic mass is 16.6. The van der Waals surface area contributed by atoms with E-state index >= 15 is 0 Å². The first-order valence-electron chi connectivity index (χ1n) is 8.78. The molecule has 1 aromatic heterocycles. The predicted octanol–water partition coefficient (Wildman–Crippen LogP) is 3.78. The number of nitrogens with two attached hydrogens (primary N) is 1. The van der Waals surface area contributed by atoms with E-state index in [1.54, 1.807) is 40.0 Å². The number of ether oxygens (including phenoxy) is 1. The number of para-hydroxylation sites is 1. The lowest BCUT2D eigenvalue weighted by atomic mass is 10.0. The molecule has 1 amide bonds. The van der Waals surface area contributed by atoms with Gasteiger partial charge in [0.05, 0.1) is 6.04 Å². The lowest BCUT2D eigenvalue weighted by Crippen LogP contribution is -2.37. The lowest BCUT2D eigenvalue weighted by molar-refractivity contribution is 0.0502. The van der Waals surface area contributed by atoms with E-state index in [1.165, 1.54) is 10.6 Å². The molecule has 0 saturated heterocycles. The van der Waals surface area contributed by atoms with Gasteiger partial charge in [0, 0.05) is 30.1 Å². The van der Waals surface area contributed by atoms with Crippen LogP contribution in [0.15, 0.2) is 53.8 Å². The Bertz CT molecular complexity index is 894. The van der Waals surface area contributed by atoms with Gasteiger partial charge >= 0.3 is 6.09 Å². The number of nitrogens with one attached hydrogen (secondary N) is 1. The van der Waals surface area contributed by atoms with Gasteiger partial charge in [-0.3, -0.25) is 4.79 Å². The molecular formula is C21H27N3O3. The van der Waals surface area contributed by atoms with Gasteiger partial charge in [-0.15, -0.1) is 6.58 Å². The molecule has 2 rings (SSSR count). The van der Waals surface area contributed by atoms with Crippen LogP contribution in [0.5, 0.6) is 0 Å². The first-order valence-corrected chi connectivity index (χ1v) is 8.78. The van der Waals surface area contributed by atoms with Crippen molar-refractivity contribution in [2.24, 2.45) is 7.05 Å². The Labute approximate surface area is 159 Å². The molecule has 0 bridgehead atoms. The minimum Gasteiger partial charge on any atom is -0.444 e. The molecule has 1 unspecified atom stereocenters. The van der Waals surface area contributed by atoms with E-state index in [0.29, 0.717) is 23.4 Å². The van der Waals surface area contributed by atoms with Gasteiger partial charge in [-0.25, -0.2) is 4.79 Å². The van der Waals surface area contributed by atoms with Gasteiger partial charge in [0.15, 0.2) is 0 Å². The number of nitrogen functional groups attached to an aromatic ring is 1. The molecule has 0 aliphatic rings. The van der Waals surface area contributed by atoms with Crippen LogP contribution in [0.25, 0.3) is 11.1 Å². The molecule has 6 nitrogen and oxygen atoms in total. The van der Waals surface area contributed by atoms with Crippen molar-refractivity contribution < 1.29 is 9.53 Å². The summed E-state index contributed by atoms with van der Waals surface area (Å²) >= 11 is 0. The minimum absolute atomic E-state index is 0.189. The summed E-state index contributed by atoms with van der Waals surface area (Å²) in [4.78, 5) is 24.8. The smallest absolute Gasteiger partial charge is 0.408 e. The van der Waals surface area contributed by atoms with Crippen LogP contribution < -0.4 is 16.6 Å². The summed E-state index contributed by atoms with van der Waals surface area (Å²) in [5, 5.41) is 2.83. The van der Waals surface area contributed by atoms with Crippen molar-refractivity contribution in [2.75, 3.05) is 5.73 Å². The van der Waals surface area contributed by atoms with Crippen LogP contribution in [0.3, 0.4) is 0 Å². The number of rotatable bonds is 5. The molecule has 1 aromatic carbocycles. The predicted molar refractivity (Wildman–Crippen MR) is 108 cm³/mol.